The van der Waals surface area contributed by atoms with E-state index < -0.39 is 0 Å². The van der Waals surface area contributed by atoms with Crippen LogP contribution < -0.4 is 5.32 Å². The summed E-state index contributed by atoms with van der Waals surface area (Å²) in [4.78, 5) is 17.0. The highest BCUT2D eigenvalue weighted by Gasteiger charge is 2.32. The SMILES string of the molecule is Cl.O=C(c1cc2c(s1)CCOC2)N1CCC2CCC(C1)N2. The quantitative estimate of drug-likeness (QED) is 0.859. The lowest BCUT2D eigenvalue weighted by Gasteiger charge is -2.23. The predicted molar refractivity (Wildman–Crippen MR) is 85.4 cm³/mol. The minimum absolute atomic E-state index is 0. The molecule has 0 aliphatic carbocycles. The number of likely N-dealkylation sites (tertiary alicyclic amines) is 1. The van der Waals surface area contributed by atoms with E-state index in [0.29, 0.717) is 18.7 Å². The van der Waals surface area contributed by atoms with Gasteiger partial charge in [0.25, 0.3) is 5.91 Å². The van der Waals surface area contributed by atoms with Crippen molar-refractivity contribution in [1.29, 1.82) is 0 Å². The number of hydrogen-bond donors (Lipinski definition) is 1. The molecule has 4 rings (SSSR count). The zero-order valence-electron chi connectivity index (χ0n) is 12.0. The van der Waals surface area contributed by atoms with E-state index in [9.17, 15) is 4.79 Å². The van der Waals surface area contributed by atoms with Crippen LogP contribution >= 0.6 is 23.7 Å². The smallest absolute Gasteiger partial charge is 0.263 e. The van der Waals surface area contributed by atoms with Crippen molar-refractivity contribution in [1.82, 2.24) is 10.2 Å². The van der Waals surface area contributed by atoms with Crippen LogP contribution in [0, 0.1) is 0 Å². The van der Waals surface area contributed by atoms with Crippen LogP contribution in [0.25, 0.3) is 0 Å². The Hall–Kier alpha value is -0.620. The molecule has 2 fully saturated rings. The van der Waals surface area contributed by atoms with Gasteiger partial charge in [0, 0.05) is 36.5 Å². The molecule has 6 heteroatoms. The first-order valence-corrected chi connectivity index (χ1v) is 8.36. The highest BCUT2D eigenvalue weighted by Crippen LogP contribution is 2.29. The van der Waals surface area contributed by atoms with Gasteiger partial charge in [0.1, 0.15) is 0 Å². The van der Waals surface area contributed by atoms with E-state index in [1.807, 2.05) is 0 Å². The Morgan fingerprint density at radius 3 is 3.05 bits per heavy atom. The maximum absolute atomic E-state index is 12.7. The molecule has 2 saturated heterocycles. The zero-order valence-corrected chi connectivity index (χ0v) is 13.6. The topological polar surface area (TPSA) is 41.6 Å². The van der Waals surface area contributed by atoms with Crippen molar-refractivity contribution in [2.75, 3.05) is 19.7 Å². The van der Waals surface area contributed by atoms with Crippen molar-refractivity contribution in [2.24, 2.45) is 0 Å². The minimum Gasteiger partial charge on any atom is -0.376 e. The summed E-state index contributed by atoms with van der Waals surface area (Å²) in [5.74, 6) is 0.221. The first-order valence-electron chi connectivity index (χ1n) is 7.54. The van der Waals surface area contributed by atoms with Gasteiger partial charge in [0.15, 0.2) is 0 Å². The fourth-order valence-electron chi connectivity index (χ4n) is 3.54. The summed E-state index contributed by atoms with van der Waals surface area (Å²) >= 11 is 1.67. The van der Waals surface area contributed by atoms with Crippen LogP contribution in [-0.2, 0) is 17.8 Å². The fraction of sp³-hybridized carbons (Fsp3) is 0.667. The number of thiophene rings is 1. The maximum atomic E-state index is 12.7. The monoisotopic (exact) mass is 328 g/mol. The molecule has 0 spiro atoms. The van der Waals surface area contributed by atoms with Gasteiger partial charge in [-0.1, -0.05) is 0 Å². The second kappa shape index (κ2) is 6.24. The van der Waals surface area contributed by atoms with E-state index in [4.69, 9.17) is 4.74 Å². The summed E-state index contributed by atoms with van der Waals surface area (Å²) in [5.41, 5.74) is 1.22. The number of nitrogens with one attached hydrogen (secondary N) is 1. The van der Waals surface area contributed by atoms with E-state index in [1.165, 1.54) is 23.3 Å². The number of rotatable bonds is 1. The number of carbonyl (C=O) groups is 1. The molecule has 1 aromatic heterocycles. The molecular formula is C15H21ClN2O2S. The molecule has 2 bridgehead atoms. The molecule has 4 nitrogen and oxygen atoms in total. The molecule has 0 aromatic carbocycles. The summed E-state index contributed by atoms with van der Waals surface area (Å²) in [7, 11) is 0. The van der Waals surface area contributed by atoms with Crippen LogP contribution in [0.15, 0.2) is 6.07 Å². The molecule has 1 amide bonds. The highest BCUT2D eigenvalue weighted by molar-refractivity contribution is 7.14. The second-order valence-corrected chi connectivity index (χ2v) is 7.18. The first-order chi connectivity index (χ1) is 9.79. The molecule has 1 N–H and O–H groups in total. The lowest BCUT2D eigenvalue weighted by atomic mass is 10.1. The van der Waals surface area contributed by atoms with E-state index in [0.717, 1.165) is 37.4 Å². The molecule has 1 aromatic rings. The number of nitrogens with zero attached hydrogens (tertiary/aromatic N) is 1. The number of halogens is 1. The standard InChI is InChI=1S/C15H20N2O2S.ClH/c18-15(14-7-10-9-19-6-4-13(10)20-14)17-5-3-11-1-2-12(8-17)16-11;/h7,11-12,16H,1-6,8-9H2;1H. The van der Waals surface area contributed by atoms with Gasteiger partial charge >= 0.3 is 0 Å². The van der Waals surface area contributed by atoms with Crippen molar-refractivity contribution in [3.05, 3.63) is 21.4 Å². The normalized spacial score (nSPS) is 27.7. The van der Waals surface area contributed by atoms with Crippen LogP contribution in [0.2, 0.25) is 0 Å². The minimum atomic E-state index is 0. The molecule has 2 unspecified atom stereocenters. The molecule has 2 atom stereocenters. The number of fused-ring (bicyclic) bond motifs is 3. The molecule has 21 heavy (non-hydrogen) atoms. The lowest BCUT2D eigenvalue weighted by Crippen LogP contribution is -2.38. The van der Waals surface area contributed by atoms with Crippen molar-refractivity contribution in [3.8, 4) is 0 Å². The van der Waals surface area contributed by atoms with Gasteiger partial charge in [-0.25, -0.2) is 0 Å². The third-order valence-corrected chi connectivity index (χ3v) is 5.87. The Morgan fingerprint density at radius 2 is 2.19 bits per heavy atom. The van der Waals surface area contributed by atoms with Crippen molar-refractivity contribution in [2.45, 2.75) is 44.4 Å². The number of amides is 1. The van der Waals surface area contributed by atoms with Crippen LogP contribution in [0.5, 0.6) is 0 Å². The van der Waals surface area contributed by atoms with Crippen molar-refractivity contribution in [3.63, 3.8) is 0 Å². The Balaban J connectivity index is 0.00000132. The zero-order chi connectivity index (χ0) is 13.5. The van der Waals surface area contributed by atoms with Crippen LogP contribution in [0.3, 0.4) is 0 Å². The Bertz CT molecular complexity index is 510. The molecule has 3 aliphatic rings. The lowest BCUT2D eigenvalue weighted by molar-refractivity contribution is 0.0752. The predicted octanol–water partition coefficient (Wildman–Crippen LogP) is 2.21. The van der Waals surface area contributed by atoms with Crippen molar-refractivity contribution < 1.29 is 9.53 Å². The Kier molecular flexibility index (Phi) is 4.54. The average molecular weight is 329 g/mol. The highest BCUT2D eigenvalue weighted by atomic mass is 35.5. The summed E-state index contributed by atoms with van der Waals surface area (Å²) in [6.45, 7) is 3.23. The summed E-state index contributed by atoms with van der Waals surface area (Å²) in [6.07, 6.45) is 4.54. The van der Waals surface area contributed by atoms with Gasteiger partial charge in [0.2, 0.25) is 0 Å². The van der Waals surface area contributed by atoms with Gasteiger partial charge in [-0.2, -0.15) is 0 Å². The summed E-state index contributed by atoms with van der Waals surface area (Å²) < 4.78 is 5.47. The Morgan fingerprint density at radius 1 is 1.33 bits per heavy atom. The third kappa shape index (κ3) is 2.97. The van der Waals surface area contributed by atoms with E-state index in [2.05, 4.69) is 16.3 Å². The fourth-order valence-corrected chi connectivity index (χ4v) is 4.65. The van der Waals surface area contributed by atoms with E-state index in [-0.39, 0.29) is 18.3 Å². The van der Waals surface area contributed by atoms with Crippen molar-refractivity contribution >= 4 is 29.7 Å². The summed E-state index contributed by atoms with van der Waals surface area (Å²) in [6, 6.07) is 3.19. The van der Waals surface area contributed by atoms with Gasteiger partial charge in [0.05, 0.1) is 18.1 Å². The number of carbonyl (C=O) groups excluding carboxylic acids is 1. The van der Waals surface area contributed by atoms with E-state index in [1.54, 1.807) is 11.3 Å². The first kappa shape index (κ1) is 15.3. The van der Waals surface area contributed by atoms with Crippen LogP contribution in [0.1, 0.15) is 39.4 Å². The molecule has 4 heterocycles. The second-order valence-electron chi connectivity index (χ2n) is 6.04. The Labute approximate surface area is 135 Å². The van der Waals surface area contributed by atoms with Crippen LogP contribution in [0.4, 0.5) is 0 Å². The number of ether oxygens (including phenoxy) is 1. The van der Waals surface area contributed by atoms with Gasteiger partial charge in [-0.15, -0.1) is 23.7 Å². The number of hydrogen-bond acceptors (Lipinski definition) is 4. The molecule has 0 saturated carbocycles. The van der Waals surface area contributed by atoms with Gasteiger partial charge in [-0.3, -0.25) is 4.79 Å². The van der Waals surface area contributed by atoms with Gasteiger partial charge in [-0.05, 0) is 30.9 Å². The third-order valence-electron chi connectivity index (χ3n) is 4.65. The van der Waals surface area contributed by atoms with Crippen LogP contribution in [-0.4, -0.2) is 42.6 Å². The maximum Gasteiger partial charge on any atom is 0.263 e. The molecule has 3 aliphatic heterocycles. The summed E-state index contributed by atoms with van der Waals surface area (Å²) in [5, 5.41) is 3.63. The molecule has 0 radical (unpaired) electrons. The van der Waals surface area contributed by atoms with Gasteiger partial charge < -0.3 is 15.0 Å². The average Bonchev–Trinajstić information content (AvgIpc) is 3.01. The molecule has 116 valence electrons. The largest absolute Gasteiger partial charge is 0.376 e. The molecular weight excluding hydrogens is 308 g/mol. The van der Waals surface area contributed by atoms with E-state index >= 15 is 0 Å².